The van der Waals surface area contributed by atoms with Crippen molar-refractivity contribution in [1.82, 2.24) is 4.57 Å². The van der Waals surface area contributed by atoms with Crippen LogP contribution in [0.1, 0.15) is 31.1 Å². The molecule has 1 aromatic heterocycles. The Labute approximate surface area is 91.0 Å². The third-order valence-electron chi connectivity index (χ3n) is 2.26. The molecule has 0 N–H and O–H groups in total. The molecule has 1 rings (SSSR count). The molecule has 0 aliphatic heterocycles. The number of carbonyl (C=O) groups excluding carboxylic acids is 1. The average molecular weight is 209 g/mol. The van der Waals surface area contributed by atoms with E-state index in [-0.39, 0.29) is 11.7 Å². The van der Waals surface area contributed by atoms with Crippen molar-refractivity contribution in [3.05, 3.63) is 24.0 Å². The Morgan fingerprint density at radius 1 is 1.53 bits per heavy atom. The Kier molecular flexibility index (Phi) is 4.56. The van der Waals surface area contributed by atoms with E-state index < -0.39 is 0 Å². The van der Waals surface area contributed by atoms with E-state index in [0.29, 0.717) is 6.61 Å². The van der Waals surface area contributed by atoms with Gasteiger partial charge in [0.05, 0.1) is 6.61 Å². The minimum atomic E-state index is 0.0627. The molecule has 0 aliphatic rings. The summed E-state index contributed by atoms with van der Waals surface area (Å²) in [6, 6.07) is 1.87. The number of hydrogen-bond donors (Lipinski definition) is 0. The van der Waals surface area contributed by atoms with Gasteiger partial charge in [0.2, 0.25) is 0 Å². The Bertz CT molecular complexity index is 315. The fourth-order valence-electron chi connectivity index (χ4n) is 1.37. The van der Waals surface area contributed by atoms with Crippen LogP contribution in [0.25, 0.3) is 0 Å². The zero-order chi connectivity index (χ0) is 11.3. The number of hydrogen-bond acceptors (Lipinski definition) is 2. The maximum absolute atomic E-state index is 11.6. The largest absolute Gasteiger partial charge is 0.380 e. The number of ketones is 1. The van der Waals surface area contributed by atoms with Crippen molar-refractivity contribution >= 4 is 5.78 Å². The zero-order valence-electron chi connectivity index (χ0n) is 9.69. The first-order valence-corrected chi connectivity index (χ1v) is 5.43. The van der Waals surface area contributed by atoms with E-state index in [4.69, 9.17) is 4.74 Å². The summed E-state index contributed by atoms with van der Waals surface area (Å²) in [7, 11) is 0. The minimum absolute atomic E-state index is 0.0627. The van der Waals surface area contributed by atoms with Gasteiger partial charge >= 0.3 is 0 Å². The highest BCUT2D eigenvalue weighted by molar-refractivity contribution is 5.97. The van der Waals surface area contributed by atoms with Crippen LogP contribution in [0, 0.1) is 5.92 Å². The van der Waals surface area contributed by atoms with E-state index in [9.17, 15) is 4.79 Å². The first-order chi connectivity index (χ1) is 7.15. The monoisotopic (exact) mass is 209 g/mol. The number of rotatable bonds is 6. The highest BCUT2D eigenvalue weighted by Crippen LogP contribution is 2.08. The number of nitrogens with zero attached hydrogens (tertiary/aromatic N) is 1. The molecule has 0 amide bonds. The Morgan fingerprint density at radius 2 is 2.27 bits per heavy atom. The van der Waals surface area contributed by atoms with Crippen LogP contribution in [0.3, 0.4) is 0 Å². The molecule has 84 valence electrons. The van der Waals surface area contributed by atoms with Gasteiger partial charge in [0.25, 0.3) is 0 Å². The van der Waals surface area contributed by atoms with E-state index in [1.807, 2.05) is 43.8 Å². The molecule has 0 radical (unpaired) electrons. The quantitative estimate of drug-likeness (QED) is 0.532. The predicted octanol–water partition coefficient (Wildman–Crippen LogP) is 2.36. The summed E-state index contributed by atoms with van der Waals surface area (Å²) in [4.78, 5) is 11.6. The maximum atomic E-state index is 11.6. The van der Waals surface area contributed by atoms with Crippen LogP contribution in [0.5, 0.6) is 0 Å². The molecule has 0 unspecified atom stereocenters. The topological polar surface area (TPSA) is 31.2 Å². The molecule has 0 saturated heterocycles. The SMILES string of the molecule is CCOCCn1ccc(C(=O)C(C)C)c1. The van der Waals surface area contributed by atoms with Crippen molar-refractivity contribution in [1.29, 1.82) is 0 Å². The molecule has 0 bridgehead atoms. The molecule has 0 atom stereocenters. The van der Waals surface area contributed by atoms with Crippen molar-refractivity contribution < 1.29 is 9.53 Å². The van der Waals surface area contributed by atoms with Crippen molar-refractivity contribution in [2.45, 2.75) is 27.3 Å². The lowest BCUT2D eigenvalue weighted by Crippen LogP contribution is -2.07. The number of ether oxygens (including phenoxy) is 1. The van der Waals surface area contributed by atoms with Crippen LogP contribution in [0.2, 0.25) is 0 Å². The number of aromatic nitrogens is 1. The average Bonchev–Trinajstić information content (AvgIpc) is 2.65. The predicted molar refractivity (Wildman–Crippen MR) is 60.1 cm³/mol. The molecule has 0 spiro atoms. The van der Waals surface area contributed by atoms with E-state index in [2.05, 4.69) is 0 Å². The van der Waals surface area contributed by atoms with Crippen LogP contribution in [-0.2, 0) is 11.3 Å². The molecule has 0 aliphatic carbocycles. The minimum Gasteiger partial charge on any atom is -0.380 e. The van der Waals surface area contributed by atoms with Gasteiger partial charge in [0, 0.05) is 37.0 Å². The highest BCUT2D eigenvalue weighted by atomic mass is 16.5. The van der Waals surface area contributed by atoms with Crippen LogP contribution < -0.4 is 0 Å². The normalized spacial score (nSPS) is 10.9. The molecule has 1 aromatic rings. The Hall–Kier alpha value is -1.09. The van der Waals surface area contributed by atoms with Crippen molar-refractivity contribution in [2.24, 2.45) is 5.92 Å². The molecule has 15 heavy (non-hydrogen) atoms. The van der Waals surface area contributed by atoms with Crippen molar-refractivity contribution in [3.8, 4) is 0 Å². The van der Waals surface area contributed by atoms with Crippen LogP contribution in [-0.4, -0.2) is 23.6 Å². The third-order valence-corrected chi connectivity index (χ3v) is 2.26. The summed E-state index contributed by atoms with van der Waals surface area (Å²) < 4.78 is 7.24. The second-order valence-corrected chi connectivity index (χ2v) is 3.85. The molecule has 0 saturated carbocycles. The second-order valence-electron chi connectivity index (χ2n) is 3.85. The van der Waals surface area contributed by atoms with Gasteiger partial charge in [-0.05, 0) is 13.0 Å². The van der Waals surface area contributed by atoms with Crippen LogP contribution in [0.4, 0.5) is 0 Å². The van der Waals surface area contributed by atoms with Gasteiger partial charge in [-0.3, -0.25) is 4.79 Å². The zero-order valence-corrected chi connectivity index (χ0v) is 9.69. The smallest absolute Gasteiger partial charge is 0.166 e. The van der Waals surface area contributed by atoms with Gasteiger partial charge in [-0.25, -0.2) is 0 Å². The Morgan fingerprint density at radius 3 is 2.87 bits per heavy atom. The standard InChI is InChI=1S/C12H19NO2/c1-4-15-8-7-13-6-5-11(9-13)12(14)10(2)3/h5-6,9-10H,4,7-8H2,1-3H3. The summed E-state index contributed by atoms with van der Waals surface area (Å²) in [6.07, 6.45) is 3.82. The summed E-state index contributed by atoms with van der Waals surface area (Å²) in [6.45, 7) is 8.04. The summed E-state index contributed by atoms with van der Waals surface area (Å²) >= 11 is 0. The van der Waals surface area contributed by atoms with E-state index in [0.717, 1.165) is 18.7 Å². The maximum Gasteiger partial charge on any atom is 0.166 e. The summed E-state index contributed by atoms with van der Waals surface area (Å²) in [5.74, 6) is 0.262. The molecular weight excluding hydrogens is 190 g/mol. The van der Waals surface area contributed by atoms with Gasteiger partial charge < -0.3 is 9.30 Å². The third kappa shape index (κ3) is 3.51. The second kappa shape index (κ2) is 5.71. The lowest BCUT2D eigenvalue weighted by Gasteiger charge is -2.03. The molecule has 0 aromatic carbocycles. The molecule has 0 fully saturated rings. The van der Waals surface area contributed by atoms with Gasteiger partial charge in [-0.2, -0.15) is 0 Å². The van der Waals surface area contributed by atoms with Gasteiger partial charge in [-0.15, -0.1) is 0 Å². The first-order valence-electron chi connectivity index (χ1n) is 5.43. The highest BCUT2D eigenvalue weighted by Gasteiger charge is 2.11. The first kappa shape index (κ1) is 12.0. The summed E-state index contributed by atoms with van der Waals surface area (Å²) in [5.41, 5.74) is 0.793. The van der Waals surface area contributed by atoms with E-state index in [1.165, 1.54) is 0 Å². The van der Waals surface area contributed by atoms with Crippen molar-refractivity contribution in [2.75, 3.05) is 13.2 Å². The van der Waals surface area contributed by atoms with Gasteiger partial charge in [0.1, 0.15) is 0 Å². The van der Waals surface area contributed by atoms with Crippen LogP contribution >= 0.6 is 0 Å². The Balaban J connectivity index is 2.52. The van der Waals surface area contributed by atoms with Crippen LogP contribution in [0.15, 0.2) is 18.5 Å². The molecule has 1 heterocycles. The molecule has 3 nitrogen and oxygen atoms in total. The van der Waals surface area contributed by atoms with Gasteiger partial charge in [-0.1, -0.05) is 13.8 Å². The van der Waals surface area contributed by atoms with Gasteiger partial charge in [0.15, 0.2) is 5.78 Å². The lowest BCUT2D eigenvalue weighted by molar-refractivity contribution is 0.0939. The fraction of sp³-hybridized carbons (Fsp3) is 0.583. The summed E-state index contributed by atoms with van der Waals surface area (Å²) in [5, 5.41) is 0. The molecule has 3 heteroatoms. The van der Waals surface area contributed by atoms with E-state index >= 15 is 0 Å². The molecular formula is C12H19NO2. The lowest BCUT2D eigenvalue weighted by atomic mass is 10.0. The fourth-order valence-corrected chi connectivity index (χ4v) is 1.37. The number of carbonyl (C=O) groups is 1. The number of Topliss-reactive ketones (excluding diaryl/α,β-unsaturated/α-hetero) is 1. The van der Waals surface area contributed by atoms with E-state index in [1.54, 1.807) is 0 Å². The van der Waals surface area contributed by atoms with Crippen molar-refractivity contribution in [3.63, 3.8) is 0 Å².